The minimum atomic E-state index is -3.84. The molecule has 0 aliphatic carbocycles. The van der Waals surface area contributed by atoms with Gasteiger partial charge in [-0.05, 0) is 64.1 Å². The van der Waals surface area contributed by atoms with E-state index in [1.54, 1.807) is 36.4 Å². The van der Waals surface area contributed by atoms with Gasteiger partial charge in [0.2, 0.25) is 0 Å². The fourth-order valence-electron chi connectivity index (χ4n) is 3.28. The quantitative estimate of drug-likeness (QED) is 0.554. The SMILES string of the molecule is CC1(C)OB(c2cc3cc(Br)ccc3n2S(=O)(=O)c2ccccc2)OC1(C)C. The smallest absolute Gasteiger partial charge is 0.398 e. The van der Waals surface area contributed by atoms with E-state index in [-0.39, 0.29) is 4.90 Å². The van der Waals surface area contributed by atoms with Crippen molar-refractivity contribution in [3.8, 4) is 0 Å². The second-order valence-corrected chi connectivity index (χ2v) is 10.6. The largest absolute Gasteiger partial charge is 0.513 e. The maximum Gasteiger partial charge on any atom is 0.513 e. The van der Waals surface area contributed by atoms with Crippen LogP contribution in [0.3, 0.4) is 0 Å². The Labute approximate surface area is 174 Å². The molecule has 0 atom stereocenters. The van der Waals surface area contributed by atoms with E-state index in [4.69, 9.17) is 9.31 Å². The summed E-state index contributed by atoms with van der Waals surface area (Å²) in [7, 11) is -4.63. The van der Waals surface area contributed by atoms with Gasteiger partial charge in [0.1, 0.15) is 0 Å². The first-order valence-corrected chi connectivity index (χ1v) is 11.2. The molecule has 0 saturated carbocycles. The van der Waals surface area contributed by atoms with Crippen molar-refractivity contribution in [2.45, 2.75) is 43.8 Å². The van der Waals surface area contributed by atoms with Gasteiger partial charge in [-0.2, -0.15) is 0 Å². The van der Waals surface area contributed by atoms with Crippen LogP contribution in [0.4, 0.5) is 0 Å². The van der Waals surface area contributed by atoms with E-state index >= 15 is 0 Å². The summed E-state index contributed by atoms with van der Waals surface area (Å²) < 4.78 is 41.6. The van der Waals surface area contributed by atoms with Gasteiger partial charge in [-0.1, -0.05) is 34.1 Å². The molecular weight excluding hydrogens is 441 g/mol. The van der Waals surface area contributed by atoms with Crippen molar-refractivity contribution in [2.75, 3.05) is 0 Å². The molecule has 0 bridgehead atoms. The third-order valence-electron chi connectivity index (χ3n) is 5.52. The molecule has 1 aliphatic rings. The third kappa shape index (κ3) is 3.03. The van der Waals surface area contributed by atoms with Crippen LogP contribution >= 0.6 is 15.9 Å². The van der Waals surface area contributed by atoms with Gasteiger partial charge in [-0.3, -0.25) is 0 Å². The van der Waals surface area contributed by atoms with Crippen LogP contribution in [0.25, 0.3) is 10.9 Å². The standard InChI is InChI=1S/C20H21BBrNO4S/c1-19(2)20(3,4)27-21(26-19)18-13-14-12-15(22)10-11-17(14)23(18)28(24,25)16-8-6-5-7-9-16/h5-13H,1-4H3. The summed E-state index contributed by atoms with van der Waals surface area (Å²) in [6, 6.07) is 15.7. The third-order valence-corrected chi connectivity index (χ3v) is 7.77. The molecule has 0 spiro atoms. The van der Waals surface area contributed by atoms with Gasteiger partial charge in [0.05, 0.1) is 27.2 Å². The van der Waals surface area contributed by atoms with Gasteiger partial charge in [0.15, 0.2) is 0 Å². The number of hydrogen-bond donors (Lipinski definition) is 0. The molecule has 0 N–H and O–H groups in total. The molecule has 2 heterocycles. The number of halogens is 1. The summed E-state index contributed by atoms with van der Waals surface area (Å²) in [5.74, 6) is 0. The van der Waals surface area contributed by atoms with Crippen molar-refractivity contribution >= 4 is 49.6 Å². The van der Waals surface area contributed by atoms with Crippen LogP contribution < -0.4 is 5.59 Å². The maximum atomic E-state index is 13.5. The Balaban J connectivity index is 1.97. The molecule has 28 heavy (non-hydrogen) atoms. The van der Waals surface area contributed by atoms with E-state index in [0.717, 1.165) is 9.86 Å². The highest BCUT2D eigenvalue weighted by Gasteiger charge is 2.53. The normalized spacial score (nSPS) is 18.7. The lowest BCUT2D eigenvalue weighted by Crippen LogP contribution is -2.41. The van der Waals surface area contributed by atoms with Crippen molar-refractivity contribution < 1.29 is 17.7 Å². The van der Waals surface area contributed by atoms with E-state index in [0.29, 0.717) is 11.1 Å². The fourth-order valence-corrected chi connectivity index (χ4v) is 5.21. The van der Waals surface area contributed by atoms with Gasteiger partial charge >= 0.3 is 7.12 Å². The summed E-state index contributed by atoms with van der Waals surface area (Å²) in [5.41, 5.74) is -0.112. The molecule has 1 saturated heterocycles. The Kier molecular flexibility index (Phi) is 4.54. The second-order valence-electron chi connectivity index (χ2n) is 7.94. The molecule has 0 unspecified atom stereocenters. The monoisotopic (exact) mass is 461 g/mol. The average molecular weight is 462 g/mol. The first-order chi connectivity index (χ1) is 13.0. The van der Waals surface area contributed by atoms with E-state index in [9.17, 15) is 8.42 Å². The van der Waals surface area contributed by atoms with Crippen molar-refractivity contribution in [2.24, 2.45) is 0 Å². The zero-order valence-corrected chi connectivity index (χ0v) is 18.5. The highest BCUT2D eigenvalue weighted by Crippen LogP contribution is 2.37. The van der Waals surface area contributed by atoms with Crippen LogP contribution in [0.1, 0.15) is 27.7 Å². The molecule has 3 aromatic rings. The molecule has 146 valence electrons. The van der Waals surface area contributed by atoms with Crippen molar-refractivity contribution in [3.05, 3.63) is 59.1 Å². The first-order valence-electron chi connectivity index (χ1n) is 9.00. The zero-order valence-electron chi connectivity index (χ0n) is 16.1. The van der Waals surface area contributed by atoms with Crippen molar-refractivity contribution in [3.63, 3.8) is 0 Å². The molecule has 1 aromatic heterocycles. The Morgan fingerprint density at radius 1 is 0.929 bits per heavy atom. The number of benzene rings is 2. The Bertz CT molecular complexity index is 1140. The highest BCUT2D eigenvalue weighted by molar-refractivity contribution is 9.10. The van der Waals surface area contributed by atoms with Gasteiger partial charge < -0.3 is 9.31 Å². The van der Waals surface area contributed by atoms with Crippen LogP contribution in [-0.4, -0.2) is 30.7 Å². The number of rotatable bonds is 3. The molecular formula is C20H21BBrNO4S. The minimum Gasteiger partial charge on any atom is -0.398 e. The molecule has 1 aliphatic heterocycles. The van der Waals surface area contributed by atoms with E-state index < -0.39 is 28.3 Å². The summed E-state index contributed by atoms with van der Waals surface area (Å²) >= 11 is 3.46. The molecule has 0 amide bonds. The lowest BCUT2D eigenvalue weighted by molar-refractivity contribution is 0.00578. The number of aromatic nitrogens is 1. The average Bonchev–Trinajstić information content (AvgIpc) is 3.10. The molecule has 4 rings (SSSR count). The van der Waals surface area contributed by atoms with Gasteiger partial charge in [0.25, 0.3) is 10.0 Å². The summed E-state index contributed by atoms with van der Waals surface area (Å²) in [6.07, 6.45) is 0. The maximum absolute atomic E-state index is 13.5. The highest BCUT2D eigenvalue weighted by atomic mass is 79.9. The second kappa shape index (κ2) is 6.45. The van der Waals surface area contributed by atoms with E-state index in [1.165, 1.54) is 3.97 Å². The molecule has 0 radical (unpaired) electrons. The van der Waals surface area contributed by atoms with E-state index in [1.807, 2.05) is 45.9 Å². The summed E-state index contributed by atoms with van der Waals surface area (Å²) in [6.45, 7) is 7.79. The molecule has 1 fully saturated rings. The van der Waals surface area contributed by atoms with Crippen molar-refractivity contribution in [1.29, 1.82) is 0 Å². The first kappa shape index (κ1) is 19.7. The van der Waals surface area contributed by atoms with E-state index in [2.05, 4.69) is 15.9 Å². The Hall–Kier alpha value is -1.61. The molecule has 2 aromatic carbocycles. The lowest BCUT2D eigenvalue weighted by Gasteiger charge is -2.32. The number of fused-ring (bicyclic) bond motifs is 1. The topological polar surface area (TPSA) is 57.5 Å². The van der Waals surface area contributed by atoms with Crippen LogP contribution in [0.15, 0.2) is 64.0 Å². The van der Waals surface area contributed by atoms with Crippen LogP contribution in [0, 0.1) is 0 Å². The van der Waals surface area contributed by atoms with Gasteiger partial charge in [-0.15, -0.1) is 0 Å². The fraction of sp³-hybridized carbons (Fsp3) is 0.300. The van der Waals surface area contributed by atoms with Crippen LogP contribution in [0.5, 0.6) is 0 Å². The Morgan fingerprint density at radius 3 is 2.14 bits per heavy atom. The van der Waals surface area contributed by atoms with Crippen molar-refractivity contribution in [1.82, 2.24) is 3.97 Å². The minimum absolute atomic E-state index is 0.216. The number of hydrogen-bond acceptors (Lipinski definition) is 4. The van der Waals surface area contributed by atoms with Crippen LogP contribution in [0.2, 0.25) is 0 Å². The van der Waals surface area contributed by atoms with Gasteiger partial charge in [-0.25, -0.2) is 12.4 Å². The predicted molar refractivity (Wildman–Crippen MR) is 114 cm³/mol. The molecule has 8 heteroatoms. The summed E-state index contributed by atoms with van der Waals surface area (Å²) in [4.78, 5) is 0.216. The number of nitrogens with zero attached hydrogens (tertiary/aromatic N) is 1. The molecule has 5 nitrogen and oxygen atoms in total. The Morgan fingerprint density at radius 2 is 1.54 bits per heavy atom. The van der Waals surface area contributed by atoms with Gasteiger partial charge in [0, 0.05) is 9.86 Å². The lowest BCUT2D eigenvalue weighted by atomic mass is 9.85. The zero-order chi connectivity index (χ0) is 20.3. The predicted octanol–water partition coefficient (Wildman–Crippen LogP) is 3.94. The van der Waals surface area contributed by atoms with Crippen LogP contribution in [-0.2, 0) is 19.3 Å². The summed E-state index contributed by atoms with van der Waals surface area (Å²) in [5, 5.41) is 0.790.